The van der Waals surface area contributed by atoms with Crippen molar-refractivity contribution in [1.29, 1.82) is 0 Å². The van der Waals surface area contributed by atoms with Gasteiger partial charge in [-0.2, -0.15) is 0 Å². The van der Waals surface area contributed by atoms with Gasteiger partial charge in [-0.15, -0.1) is 0 Å². The van der Waals surface area contributed by atoms with E-state index in [0.29, 0.717) is 56.1 Å². The molecular formula is C21H31N5O5S. The Morgan fingerprint density at radius 1 is 0.969 bits per heavy atom. The van der Waals surface area contributed by atoms with Gasteiger partial charge >= 0.3 is 6.09 Å². The number of ether oxygens (including phenoxy) is 1. The summed E-state index contributed by atoms with van der Waals surface area (Å²) in [6, 6.07) is 0. The predicted octanol–water partition coefficient (Wildman–Crippen LogP) is 1.57. The number of anilines is 1. The zero-order valence-electron chi connectivity index (χ0n) is 19.3. The maximum atomic E-state index is 13.3. The lowest BCUT2D eigenvalue weighted by atomic mass is 10.0. The highest BCUT2D eigenvalue weighted by atomic mass is 32.2. The van der Waals surface area contributed by atoms with Crippen LogP contribution in [0.15, 0.2) is 0 Å². The SMILES string of the molecule is Cc1nc(N2CCCS2(=O)=O)nc(C)c1C(=O)N1CC2CN(C(=O)OC(C)(C)C)CC2C1. The molecule has 3 fully saturated rings. The molecule has 0 bridgehead atoms. The summed E-state index contributed by atoms with van der Waals surface area (Å²) in [5.74, 6) is 0.504. The number of amides is 2. The van der Waals surface area contributed by atoms with Crippen LogP contribution in [-0.4, -0.2) is 84.3 Å². The van der Waals surface area contributed by atoms with Crippen molar-refractivity contribution in [2.45, 2.75) is 46.6 Å². The summed E-state index contributed by atoms with van der Waals surface area (Å²) in [5, 5.41) is 0. The number of fused-ring (bicyclic) bond motifs is 1. The fraction of sp³-hybridized carbons (Fsp3) is 0.714. The normalized spacial score (nSPS) is 24.7. The van der Waals surface area contributed by atoms with Crippen LogP contribution in [0, 0.1) is 25.7 Å². The quantitative estimate of drug-likeness (QED) is 0.651. The molecule has 3 aliphatic heterocycles. The van der Waals surface area contributed by atoms with E-state index in [9.17, 15) is 18.0 Å². The van der Waals surface area contributed by atoms with Crippen LogP contribution in [0.2, 0.25) is 0 Å². The number of aromatic nitrogens is 2. The summed E-state index contributed by atoms with van der Waals surface area (Å²) in [4.78, 5) is 37.9. The first-order chi connectivity index (χ1) is 14.9. The topological polar surface area (TPSA) is 113 Å². The van der Waals surface area contributed by atoms with E-state index in [1.54, 1.807) is 23.6 Å². The van der Waals surface area contributed by atoms with E-state index in [2.05, 4.69) is 9.97 Å². The second-order valence-electron chi connectivity index (χ2n) is 9.93. The minimum Gasteiger partial charge on any atom is -0.444 e. The number of nitrogens with zero attached hydrogens (tertiary/aromatic N) is 5. The molecule has 2 unspecified atom stereocenters. The van der Waals surface area contributed by atoms with Gasteiger partial charge in [0.25, 0.3) is 5.91 Å². The van der Waals surface area contributed by atoms with Gasteiger partial charge in [0.15, 0.2) is 0 Å². The molecule has 0 aliphatic carbocycles. The summed E-state index contributed by atoms with van der Waals surface area (Å²) in [5.41, 5.74) is 0.847. The standard InChI is InChI=1S/C21H31N5O5S/c1-13-17(14(2)23-19(22-13)26-7-6-8-32(26,29)30)18(27)24-9-15-11-25(12-16(15)10-24)20(28)31-21(3,4)5/h15-16H,6-12H2,1-5H3. The first-order valence-corrected chi connectivity index (χ1v) is 12.6. The van der Waals surface area contributed by atoms with Crippen molar-refractivity contribution in [2.75, 3.05) is 42.8 Å². The largest absolute Gasteiger partial charge is 0.444 e. The molecule has 2 atom stereocenters. The molecule has 0 aromatic carbocycles. The van der Waals surface area contributed by atoms with E-state index in [1.165, 1.54) is 4.31 Å². The van der Waals surface area contributed by atoms with Crippen molar-refractivity contribution in [3.05, 3.63) is 17.0 Å². The monoisotopic (exact) mass is 465 g/mol. The fourth-order valence-electron chi connectivity index (χ4n) is 4.78. The molecule has 0 N–H and O–H groups in total. The van der Waals surface area contributed by atoms with Crippen molar-refractivity contribution in [3.63, 3.8) is 0 Å². The maximum absolute atomic E-state index is 13.3. The number of carbonyl (C=O) groups excluding carboxylic acids is 2. The van der Waals surface area contributed by atoms with Gasteiger partial charge in [0.2, 0.25) is 16.0 Å². The van der Waals surface area contributed by atoms with E-state index in [1.807, 2.05) is 20.8 Å². The molecule has 0 spiro atoms. The van der Waals surface area contributed by atoms with Gasteiger partial charge in [0.05, 0.1) is 22.7 Å². The zero-order chi connectivity index (χ0) is 23.4. The first kappa shape index (κ1) is 22.8. The van der Waals surface area contributed by atoms with Crippen LogP contribution < -0.4 is 4.31 Å². The Bertz CT molecular complexity index is 1010. The van der Waals surface area contributed by atoms with Crippen molar-refractivity contribution in [1.82, 2.24) is 19.8 Å². The lowest BCUT2D eigenvalue weighted by molar-refractivity contribution is 0.0275. The van der Waals surface area contributed by atoms with Crippen LogP contribution in [0.5, 0.6) is 0 Å². The van der Waals surface area contributed by atoms with Gasteiger partial charge in [-0.1, -0.05) is 0 Å². The van der Waals surface area contributed by atoms with Crippen LogP contribution in [0.1, 0.15) is 48.9 Å². The number of rotatable bonds is 2. The highest BCUT2D eigenvalue weighted by molar-refractivity contribution is 7.93. The Hall–Kier alpha value is -2.43. The summed E-state index contributed by atoms with van der Waals surface area (Å²) in [7, 11) is -3.39. The molecule has 176 valence electrons. The number of carbonyl (C=O) groups is 2. The summed E-state index contributed by atoms with van der Waals surface area (Å²) in [6.07, 6.45) is 0.235. The second-order valence-corrected chi connectivity index (χ2v) is 11.9. The van der Waals surface area contributed by atoms with Crippen LogP contribution >= 0.6 is 0 Å². The number of hydrogen-bond acceptors (Lipinski definition) is 7. The third kappa shape index (κ3) is 4.26. The zero-order valence-corrected chi connectivity index (χ0v) is 20.1. The average molecular weight is 466 g/mol. The average Bonchev–Trinajstić information content (AvgIpc) is 3.31. The minimum absolute atomic E-state index is 0.0893. The summed E-state index contributed by atoms with van der Waals surface area (Å²) < 4.78 is 31.1. The Balaban J connectivity index is 1.45. The van der Waals surface area contributed by atoms with Crippen LogP contribution in [-0.2, 0) is 14.8 Å². The lowest BCUT2D eigenvalue weighted by Crippen LogP contribution is -2.39. The Kier molecular flexibility index (Phi) is 5.59. The Morgan fingerprint density at radius 2 is 1.50 bits per heavy atom. The van der Waals surface area contributed by atoms with Gasteiger partial charge in [-0.25, -0.2) is 27.5 Å². The smallest absolute Gasteiger partial charge is 0.410 e. The van der Waals surface area contributed by atoms with E-state index >= 15 is 0 Å². The van der Waals surface area contributed by atoms with Gasteiger partial charge in [-0.05, 0) is 41.0 Å². The first-order valence-electron chi connectivity index (χ1n) is 11.0. The molecule has 0 radical (unpaired) electrons. The van der Waals surface area contributed by atoms with Crippen molar-refractivity contribution in [3.8, 4) is 0 Å². The highest BCUT2D eigenvalue weighted by Gasteiger charge is 2.44. The molecule has 4 heterocycles. The van der Waals surface area contributed by atoms with E-state index < -0.39 is 15.6 Å². The molecule has 2 amide bonds. The molecule has 4 rings (SSSR count). The molecule has 10 nitrogen and oxygen atoms in total. The Morgan fingerprint density at radius 3 is 1.97 bits per heavy atom. The third-order valence-corrected chi connectivity index (χ3v) is 8.04. The summed E-state index contributed by atoms with van der Waals surface area (Å²) in [6.45, 7) is 11.6. The van der Waals surface area contributed by atoms with Crippen molar-refractivity contribution >= 4 is 28.0 Å². The van der Waals surface area contributed by atoms with Gasteiger partial charge in [-0.3, -0.25) is 4.79 Å². The molecular weight excluding hydrogens is 434 g/mol. The van der Waals surface area contributed by atoms with E-state index in [-0.39, 0.29) is 35.5 Å². The Labute approximate surface area is 189 Å². The highest BCUT2D eigenvalue weighted by Crippen LogP contribution is 2.33. The van der Waals surface area contributed by atoms with E-state index in [0.717, 1.165) is 0 Å². The molecule has 1 aromatic rings. The predicted molar refractivity (Wildman–Crippen MR) is 118 cm³/mol. The number of likely N-dealkylation sites (tertiary alicyclic amines) is 2. The van der Waals surface area contributed by atoms with Crippen LogP contribution in [0.25, 0.3) is 0 Å². The van der Waals surface area contributed by atoms with Crippen molar-refractivity contribution in [2.24, 2.45) is 11.8 Å². The van der Waals surface area contributed by atoms with Crippen LogP contribution in [0.3, 0.4) is 0 Å². The third-order valence-electron chi connectivity index (χ3n) is 6.22. The van der Waals surface area contributed by atoms with Gasteiger partial charge in [0.1, 0.15) is 5.60 Å². The lowest BCUT2D eigenvalue weighted by Gasteiger charge is -2.26. The number of sulfonamides is 1. The number of hydrogen-bond donors (Lipinski definition) is 0. The molecule has 11 heteroatoms. The molecule has 0 saturated carbocycles. The second kappa shape index (κ2) is 7.86. The fourth-order valence-corrected chi connectivity index (χ4v) is 6.23. The van der Waals surface area contributed by atoms with Gasteiger partial charge in [0, 0.05) is 44.6 Å². The van der Waals surface area contributed by atoms with E-state index in [4.69, 9.17) is 4.74 Å². The molecule has 32 heavy (non-hydrogen) atoms. The van der Waals surface area contributed by atoms with Gasteiger partial charge < -0.3 is 14.5 Å². The molecule has 1 aromatic heterocycles. The van der Waals surface area contributed by atoms with Crippen LogP contribution in [0.4, 0.5) is 10.7 Å². The minimum atomic E-state index is -3.39. The molecule has 3 aliphatic rings. The number of aryl methyl sites for hydroxylation is 2. The summed E-state index contributed by atoms with van der Waals surface area (Å²) >= 11 is 0. The van der Waals surface area contributed by atoms with Crippen molar-refractivity contribution < 1.29 is 22.7 Å². The molecule has 3 saturated heterocycles. The maximum Gasteiger partial charge on any atom is 0.410 e.